The standard InChI is InChI=1S/C18H18FNO5/c1-10(21)9-20-17(24)13-15(22)11-3-2-4-12(19)14(11)18(16(13)23)5-7-25-8-6-18/h2-4,21-22H,1,5-9H2,(H,20,24). The molecule has 3 rings (SSSR count). The topological polar surface area (TPSA) is 95.9 Å². The molecular formula is C18H18FNO5. The number of carbonyl (C=O) groups is 2. The second-order valence-electron chi connectivity index (χ2n) is 6.16. The molecule has 7 heteroatoms. The molecule has 6 nitrogen and oxygen atoms in total. The Kier molecular flexibility index (Phi) is 4.34. The Balaban J connectivity index is 2.16. The Bertz CT molecular complexity index is 793. The zero-order valence-corrected chi connectivity index (χ0v) is 13.5. The highest BCUT2D eigenvalue weighted by atomic mass is 19.1. The van der Waals surface area contributed by atoms with Gasteiger partial charge in [-0.25, -0.2) is 4.39 Å². The van der Waals surface area contributed by atoms with Crippen LogP contribution in [0, 0.1) is 5.82 Å². The molecule has 1 fully saturated rings. The summed E-state index contributed by atoms with van der Waals surface area (Å²) in [5.41, 5.74) is -1.42. The minimum absolute atomic E-state index is 0.115. The van der Waals surface area contributed by atoms with Crippen molar-refractivity contribution in [3.05, 3.63) is 53.1 Å². The van der Waals surface area contributed by atoms with Gasteiger partial charge in [0, 0.05) is 24.3 Å². The molecule has 1 amide bonds. The molecular weight excluding hydrogens is 329 g/mol. The van der Waals surface area contributed by atoms with E-state index in [1.54, 1.807) is 0 Å². The Hall–Kier alpha value is -2.67. The number of benzene rings is 1. The van der Waals surface area contributed by atoms with E-state index >= 15 is 0 Å². The van der Waals surface area contributed by atoms with Crippen molar-refractivity contribution < 1.29 is 28.9 Å². The number of aliphatic hydroxyl groups is 2. The zero-order valence-electron chi connectivity index (χ0n) is 13.5. The van der Waals surface area contributed by atoms with E-state index < -0.39 is 34.3 Å². The molecule has 1 saturated heterocycles. The number of halogens is 1. The van der Waals surface area contributed by atoms with Gasteiger partial charge < -0.3 is 20.3 Å². The zero-order chi connectivity index (χ0) is 18.2. The van der Waals surface area contributed by atoms with E-state index in [1.165, 1.54) is 18.2 Å². The number of amides is 1. The van der Waals surface area contributed by atoms with Crippen LogP contribution < -0.4 is 5.32 Å². The van der Waals surface area contributed by atoms with Crippen LogP contribution in [-0.2, 0) is 19.7 Å². The minimum atomic E-state index is -1.24. The molecule has 0 aromatic heterocycles. The average Bonchev–Trinajstić information content (AvgIpc) is 2.59. The molecule has 0 unspecified atom stereocenters. The van der Waals surface area contributed by atoms with Crippen LogP contribution in [0.2, 0.25) is 0 Å². The van der Waals surface area contributed by atoms with Crippen LogP contribution in [0.25, 0.3) is 5.76 Å². The highest BCUT2D eigenvalue weighted by molar-refractivity contribution is 6.28. The second-order valence-corrected chi connectivity index (χ2v) is 6.16. The molecule has 1 aliphatic heterocycles. The van der Waals surface area contributed by atoms with Gasteiger partial charge in [0.25, 0.3) is 5.91 Å². The predicted octanol–water partition coefficient (Wildman–Crippen LogP) is 1.91. The number of fused-ring (bicyclic) bond motifs is 2. The van der Waals surface area contributed by atoms with Gasteiger partial charge in [-0.15, -0.1) is 0 Å². The molecule has 3 N–H and O–H groups in total. The first-order chi connectivity index (χ1) is 11.9. The first kappa shape index (κ1) is 17.2. The minimum Gasteiger partial charge on any atom is -0.511 e. The highest BCUT2D eigenvalue weighted by Gasteiger charge is 2.51. The fourth-order valence-electron chi connectivity index (χ4n) is 3.48. The SMILES string of the molecule is C=C(O)CNC(=O)C1=C(O)c2cccc(F)c2C2(CCOCC2)C1=O. The Morgan fingerprint density at radius 1 is 1.36 bits per heavy atom. The van der Waals surface area contributed by atoms with Crippen molar-refractivity contribution in [3.63, 3.8) is 0 Å². The fraction of sp³-hybridized carbons (Fsp3) is 0.333. The predicted molar refractivity (Wildman–Crippen MR) is 87.5 cm³/mol. The number of hydrogen-bond donors (Lipinski definition) is 3. The van der Waals surface area contributed by atoms with Crippen molar-refractivity contribution in [2.75, 3.05) is 19.8 Å². The maximum atomic E-state index is 14.6. The number of nitrogens with one attached hydrogen (secondary N) is 1. The van der Waals surface area contributed by atoms with E-state index in [0.717, 1.165) is 0 Å². The van der Waals surface area contributed by atoms with Gasteiger partial charge in [-0.3, -0.25) is 9.59 Å². The van der Waals surface area contributed by atoms with Crippen LogP contribution in [-0.4, -0.2) is 41.7 Å². The number of rotatable bonds is 3. The Morgan fingerprint density at radius 2 is 2.04 bits per heavy atom. The molecule has 1 aliphatic carbocycles. The number of Topliss-reactive ketones (excluding diaryl/α,β-unsaturated/α-hetero) is 1. The first-order valence-corrected chi connectivity index (χ1v) is 7.88. The summed E-state index contributed by atoms with van der Waals surface area (Å²) in [5, 5.41) is 21.9. The van der Waals surface area contributed by atoms with Gasteiger partial charge >= 0.3 is 0 Å². The number of ether oxygens (including phenoxy) is 1. The van der Waals surface area contributed by atoms with Crippen molar-refractivity contribution in [1.82, 2.24) is 5.32 Å². The summed E-state index contributed by atoms with van der Waals surface area (Å²) in [4.78, 5) is 25.5. The number of hydrogen-bond acceptors (Lipinski definition) is 5. The van der Waals surface area contributed by atoms with Gasteiger partial charge in [-0.05, 0) is 18.9 Å². The summed E-state index contributed by atoms with van der Waals surface area (Å²) in [5.74, 6) is -2.91. The summed E-state index contributed by atoms with van der Waals surface area (Å²) in [6.45, 7) is 3.50. The lowest BCUT2D eigenvalue weighted by molar-refractivity contribution is -0.128. The van der Waals surface area contributed by atoms with Gasteiger partial charge in [0.1, 0.15) is 22.9 Å². The van der Waals surface area contributed by atoms with Crippen molar-refractivity contribution in [3.8, 4) is 0 Å². The Morgan fingerprint density at radius 3 is 2.68 bits per heavy atom. The third-order valence-electron chi connectivity index (χ3n) is 4.67. The summed E-state index contributed by atoms with van der Waals surface area (Å²) in [7, 11) is 0. The largest absolute Gasteiger partial charge is 0.511 e. The molecule has 2 aliphatic rings. The van der Waals surface area contributed by atoms with Gasteiger partial charge in [0.2, 0.25) is 0 Å². The maximum Gasteiger partial charge on any atom is 0.259 e. The third-order valence-corrected chi connectivity index (χ3v) is 4.67. The first-order valence-electron chi connectivity index (χ1n) is 7.88. The lowest BCUT2D eigenvalue weighted by atomic mass is 9.64. The van der Waals surface area contributed by atoms with Crippen LogP contribution in [0.15, 0.2) is 36.1 Å². The van der Waals surface area contributed by atoms with Gasteiger partial charge in [-0.1, -0.05) is 18.7 Å². The molecule has 1 heterocycles. The molecule has 1 spiro atoms. The molecule has 0 radical (unpaired) electrons. The van der Waals surface area contributed by atoms with E-state index in [2.05, 4.69) is 11.9 Å². The molecule has 132 valence electrons. The highest BCUT2D eigenvalue weighted by Crippen LogP contribution is 2.46. The normalized spacial score (nSPS) is 18.8. The van der Waals surface area contributed by atoms with E-state index in [1.807, 2.05) is 0 Å². The molecule has 0 saturated carbocycles. The van der Waals surface area contributed by atoms with Crippen LogP contribution in [0.5, 0.6) is 0 Å². The number of carbonyl (C=O) groups excluding carboxylic acids is 2. The summed E-state index contributed by atoms with van der Waals surface area (Å²) >= 11 is 0. The molecule has 25 heavy (non-hydrogen) atoms. The number of ketones is 1. The van der Waals surface area contributed by atoms with Crippen LogP contribution in [0.1, 0.15) is 24.0 Å². The van der Waals surface area contributed by atoms with E-state index in [4.69, 9.17) is 9.84 Å². The maximum absolute atomic E-state index is 14.6. The number of aliphatic hydroxyl groups excluding tert-OH is 2. The van der Waals surface area contributed by atoms with E-state index in [9.17, 15) is 19.1 Å². The van der Waals surface area contributed by atoms with E-state index in [0.29, 0.717) is 0 Å². The van der Waals surface area contributed by atoms with Crippen LogP contribution >= 0.6 is 0 Å². The molecule has 1 aromatic rings. The van der Waals surface area contributed by atoms with Gasteiger partial charge in [0.05, 0.1) is 12.0 Å². The van der Waals surface area contributed by atoms with Crippen molar-refractivity contribution >= 4 is 17.4 Å². The lowest BCUT2D eigenvalue weighted by Gasteiger charge is -2.40. The molecule has 0 bridgehead atoms. The van der Waals surface area contributed by atoms with Crippen molar-refractivity contribution in [2.24, 2.45) is 0 Å². The van der Waals surface area contributed by atoms with Gasteiger partial charge in [0.15, 0.2) is 5.78 Å². The quantitative estimate of drug-likeness (QED) is 0.573. The van der Waals surface area contributed by atoms with Crippen LogP contribution in [0.3, 0.4) is 0 Å². The van der Waals surface area contributed by atoms with Crippen LogP contribution in [0.4, 0.5) is 4.39 Å². The monoisotopic (exact) mass is 347 g/mol. The smallest absolute Gasteiger partial charge is 0.259 e. The summed E-state index contributed by atoms with van der Waals surface area (Å²) in [6, 6.07) is 4.13. The summed E-state index contributed by atoms with van der Waals surface area (Å²) in [6.07, 6.45) is 0.438. The second kappa shape index (κ2) is 6.33. The average molecular weight is 347 g/mol. The molecule has 1 aromatic carbocycles. The summed E-state index contributed by atoms with van der Waals surface area (Å²) < 4.78 is 19.9. The van der Waals surface area contributed by atoms with Gasteiger partial charge in [-0.2, -0.15) is 0 Å². The molecule has 0 atom stereocenters. The fourth-order valence-corrected chi connectivity index (χ4v) is 3.48. The lowest BCUT2D eigenvalue weighted by Crippen LogP contribution is -2.48. The Labute approximate surface area is 143 Å². The van der Waals surface area contributed by atoms with E-state index in [-0.39, 0.29) is 49.5 Å². The van der Waals surface area contributed by atoms with Crippen molar-refractivity contribution in [2.45, 2.75) is 18.3 Å². The van der Waals surface area contributed by atoms with Crippen molar-refractivity contribution in [1.29, 1.82) is 0 Å². The third kappa shape index (κ3) is 2.70.